The number of hydrogen-bond donors (Lipinski definition) is 1. The number of anilines is 1. The van der Waals surface area contributed by atoms with E-state index in [1.54, 1.807) is 12.4 Å². The lowest BCUT2D eigenvalue weighted by Gasteiger charge is -2.09. The normalized spacial score (nSPS) is 10.4. The highest BCUT2D eigenvalue weighted by Crippen LogP contribution is 2.31. The van der Waals surface area contributed by atoms with Gasteiger partial charge in [-0.2, -0.15) is 0 Å². The van der Waals surface area contributed by atoms with E-state index in [9.17, 15) is 0 Å². The van der Waals surface area contributed by atoms with Crippen LogP contribution in [-0.2, 0) is 0 Å². The maximum Gasteiger partial charge on any atom is 0.162 e. The third-order valence-electron chi connectivity index (χ3n) is 2.86. The van der Waals surface area contributed by atoms with Crippen molar-refractivity contribution >= 4 is 21.7 Å². The molecule has 0 atom stereocenters. The van der Waals surface area contributed by atoms with Gasteiger partial charge in [0, 0.05) is 23.5 Å². The topological polar surface area (TPSA) is 64.7 Å². The summed E-state index contributed by atoms with van der Waals surface area (Å²) in [6.07, 6.45) is 3.41. The summed E-state index contributed by atoms with van der Waals surface area (Å²) in [5.74, 6) is 1.01. The molecule has 0 bridgehead atoms. The molecule has 0 fully saturated rings. The summed E-state index contributed by atoms with van der Waals surface area (Å²) in [6.45, 7) is 0. The van der Waals surface area contributed by atoms with Crippen LogP contribution in [0.4, 0.5) is 5.82 Å². The lowest BCUT2D eigenvalue weighted by atomic mass is 10.1. The highest BCUT2D eigenvalue weighted by Gasteiger charge is 2.12. The van der Waals surface area contributed by atoms with Crippen molar-refractivity contribution in [1.29, 1.82) is 0 Å². The van der Waals surface area contributed by atoms with Crippen molar-refractivity contribution in [3.63, 3.8) is 0 Å². The lowest BCUT2D eigenvalue weighted by molar-refractivity contribution is 1.17. The van der Waals surface area contributed by atoms with E-state index < -0.39 is 0 Å². The summed E-state index contributed by atoms with van der Waals surface area (Å²) in [7, 11) is 0. The molecule has 2 aromatic heterocycles. The van der Waals surface area contributed by atoms with Crippen LogP contribution in [0.1, 0.15) is 0 Å². The molecule has 3 aromatic rings. The van der Waals surface area contributed by atoms with E-state index in [4.69, 9.17) is 5.73 Å². The molecule has 0 spiro atoms. The Hall–Kier alpha value is -2.27. The Kier molecular flexibility index (Phi) is 3.43. The third kappa shape index (κ3) is 2.40. The van der Waals surface area contributed by atoms with Crippen molar-refractivity contribution in [1.82, 2.24) is 15.0 Å². The van der Waals surface area contributed by atoms with Gasteiger partial charge in [-0.1, -0.05) is 30.3 Å². The van der Waals surface area contributed by atoms with Crippen molar-refractivity contribution in [2.45, 2.75) is 0 Å². The number of hydrogen-bond acceptors (Lipinski definition) is 4. The molecule has 4 nitrogen and oxygen atoms in total. The molecule has 0 saturated heterocycles. The SMILES string of the molecule is Nc1nc(-c2ccncc2)nc(-c2ccccc2)c1Br. The number of rotatable bonds is 2. The highest BCUT2D eigenvalue weighted by molar-refractivity contribution is 9.10. The van der Waals surface area contributed by atoms with Gasteiger partial charge in [0.15, 0.2) is 5.82 Å². The molecule has 3 rings (SSSR count). The second kappa shape index (κ2) is 5.38. The van der Waals surface area contributed by atoms with E-state index in [1.807, 2.05) is 42.5 Å². The molecule has 2 heterocycles. The van der Waals surface area contributed by atoms with Gasteiger partial charge < -0.3 is 5.73 Å². The number of nitrogens with two attached hydrogens (primary N) is 1. The molecule has 20 heavy (non-hydrogen) atoms. The quantitative estimate of drug-likeness (QED) is 0.782. The first-order chi connectivity index (χ1) is 9.75. The average Bonchev–Trinajstić information content (AvgIpc) is 2.51. The molecule has 0 unspecified atom stereocenters. The van der Waals surface area contributed by atoms with Crippen LogP contribution in [0.2, 0.25) is 0 Å². The fourth-order valence-electron chi connectivity index (χ4n) is 1.88. The van der Waals surface area contributed by atoms with Crippen molar-refractivity contribution in [2.24, 2.45) is 0 Å². The predicted octanol–water partition coefficient (Wildman–Crippen LogP) is 3.55. The van der Waals surface area contributed by atoms with Crippen molar-refractivity contribution in [2.75, 3.05) is 5.73 Å². The monoisotopic (exact) mass is 326 g/mol. The Bertz CT molecular complexity index is 730. The van der Waals surface area contributed by atoms with Crippen LogP contribution >= 0.6 is 15.9 Å². The van der Waals surface area contributed by atoms with Crippen molar-refractivity contribution in [3.05, 3.63) is 59.3 Å². The van der Waals surface area contributed by atoms with Crippen LogP contribution in [0.15, 0.2) is 59.3 Å². The van der Waals surface area contributed by atoms with E-state index in [0.29, 0.717) is 16.1 Å². The minimum Gasteiger partial charge on any atom is -0.383 e. The standard InChI is InChI=1S/C15H11BrN4/c16-12-13(10-4-2-1-3-5-10)19-15(20-14(12)17)11-6-8-18-9-7-11/h1-9H,(H2,17,19,20). The van der Waals surface area contributed by atoms with Gasteiger partial charge in [0.05, 0.1) is 10.2 Å². The second-order valence-electron chi connectivity index (χ2n) is 4.20. The first-order valence-electron chi connectivity index (χ1n) is 6.04. The molecule has 0 amide bonds. The van der Waals surface area contributed by atoms with Gasteiger partial charge in [0.1, 0.15) is 5.82 Å². The summed E-state index contributed by atoms with van der Waals surface area (Å²) < 4.78 is 0.710. The van der Waals surface area contributed by atoms with Crippen LogP contribution < -0.4 is 5.73 Å². The van der Waals surface area contributed by atoms with Gasteiger partial charge in [-0.05, 0) is 28.1 Å². The van der Waals surface area contributed by atoms with Crippen molar-refractivity contribution in [3.8, 4) is 22.6 Å². The molecule has 2 N–H and O–H groups in total. The summed E-state index contributed by atoms with van der Waals surface area (Å²) in [5, 5.41) is 0. The summed E-state index contributed by atoms with van der Waals surface area (Å²) in [5.41, 5.74) is 8.64. The number of aromatic nitrogens is 3. The first-order valence-corrected chi connectivity index (χ1v) is 6.84. The largest absolute Gasteiger partial charge is 0.383 e. The van der Waals surface area contributed by atoms with Gasteiger partial charge in [-0.25, -0.2) is 9.97 Å². The minimum atomic E-state index is 0.422. The molecule has 0 radical (unpaired) electrons. The molecule has 98 valence electrons. The smallest absolute Gasteiger partial charge is 0.162 e. The zero-order valence-electron chi connectivity index (χ0n) is 10.5. The van der Waals surface area contributed by atoms with Gasteiger partial charge in [0.2, 0.25) is 0 Å². The number of pyridine rings is 1. The van der Waals surface area contributed by atoms with Gasteiger partial charge >= 0.3 is 0 Å². The molecule has 5 heteroatoms. The zero-order valence-corrected chi connectivity index (χ0v) is 12.1. The third-order valence-corrected chi connectivity index (χ3v) is 3.64. The lowest BCUT2D eigenvalue weighted by Crippen LogP contribution is -2.00. The Morgan fingerprint density at radius 3 is 2.25 bits per heavy atom. The molecule has 0 aliphatic carbocycles. The number of halogens is 1. The highest BCUT2D eigenvalue weighted by atomic mass is 79.9. The van der Waals surface area contributed by atoms with Crippen LogP contribution in [-0.4, -0.2) is 15.0 Å². The van der Waals surface area contributed by atoms with Crippen LogP contribution in [0.5, 0.6) is 0 Å². The fourth-order valence-corrected chi connectivity index (χ4v) is 2.29. The number of nitrogen functional groups attached to an aromatic ring is 1. The van der Waals surface area contributed by atoms with E-state index in [-0.39, 0.29) is 0 Å². The first kappa shape index (κ1) is 12.7. The second-order valence-corrected chi connectivity index (χ2v) is 4.99. The summed E-state index contributed by atoms with van der Waals surface area (Å²) >= 11 is 3.46. The minimum absolute atomic E-state index is 0.422. The number of benzene rings is 1. The van der Waals surface area contributed by atoms with Gasteiger partial charge in [0.25, 0.3) is 0 Å². The Morgan fingerprint density at radius 2 is 1.55 bits per heavy atom. The Labute approximate surface area is 124 Å². The summed E-state index contributed by atoms with van der Waals surface area (Å²) in [4.78, 5) is 12.9. The molecule has 0 aliphatic rings. The Balaban J connectivity index is 2.19. The van der Waals surface area contributed by atoms with Crippen LogP contribution in [0.3, 0.4) is 0 Å². The molecular weight excluding hydrogens is 316 g/mol. The summed E-state index contributed by atoms with van der Waals surface area (Å²) in [6, 6.07) is 13.6. The van der Waals surface area contributed by atoms with E-state index >= 15 is 0 Å². The van der Waals surface area contributed by atoms with E-state index in [2.05, 4.69) is 30.9 Å². The predicted molar refractivity (Wildman–Crippen MR) is 82.8 cm³/mol. The van der Waals surface area contributed by atoms with E-state index in [1.165, 1.54) is 0 Å². The van der Waals surface area contributed by atoms with Crippen LogP contribution in [0, 0.1) is 0 Å². The fraction of sp³-hybridized carbons (Fsp3) is 0. The maximum absolute atomic E-state index is 5.98. The van der Waals surface area contributed by atoms with Gasteiger partial charge in [-0.15, -0.1) is 0 Å². The molecule has 0 aliphatic heterocycles. The molecule has 0 saturated carbocycles. The zero-order chi connectivity index (χ0) is 13.9. The average molecular weight is 327 g/mol. The van der Waals surface area contributed by atoms with Gasteiger partial charge in [-0.3, -0.25) is 4.98 Å². The van der Waals surface area contributed by atoms with Crippen LogP contribution in [0.25, 0.3) is 22.6 Å². The Morgan fingerprint density at radius 1 is 0.850 bits per heavy atom. The maximum atomic E-state index is 5.98. The van der Waals surface area contributed by atoms with Crippen molar-refractivity contribution < 1.29 is 0 Å². The molecular formula is C15H11BrN4. The van der Waals surface area contributed by atoms with E-state index in [0.717, 1.165) is 16.8 Å². The molecule has 1 aromatic carbocycles. The number of nitrogens with zero attached hydrogens (tertiary/aromatic N) is 3.